The molecule has 0 amide bonds. The number of nitrogens with zero attached hydrogens (tertiary/aromatic N) is 4. The van der Waals surface area contributed by atoms with Crippen LogP contribution < -0.4 is 16.2 Å². The van der Waals surface area contributed by atoms with Crippen LogP contribution in [0.4, 0.5) is 16.2 Å². The lowest BCUT2D eigenvalue weighted by atomic mass is 10.1. The molecule has 2 aromatic heterocycles. The topological polar surface area (TPSA) is 94.0 Å². The lowest BCUT2D eigenvalue weighted by Crippen LogP contribution is -2.29. The average molecular weight is 574 g/mol. The van der Waals surface area contributed by atoms with E-state index in [0.29, 0.717) is 48.4 Å². The van der Waals surface area contributed by atoms with Crippen molar-refractivity contribution >= 4 is 45.3 Å². The summed E-state index contributed by atoms with van der Waals surface area (Å²) in [6.45, 7) is 3.08. The maximum Gasteiger partial charge on any atom is 0.269 e. The van der Waals surface area contributed by atoms with Gasteiger partial charge in [-0.25, -0.2) is 14.4 Å². The fourth-order valence-corrected chi connectivity index (χ4v) is 4.02. The quantitative estimate of drug-likeness (QED) is 0.224. The first kappa shape index (κ1) is 24.0. The average Bonchev–Trinajstić information content (AvgIpc) is 2.84. The van der Waals surface area contributed by atoms with E-state index in [1.807, 2.05) is 25.1 Å². The van der Waals surface area contributed by atoms with Crippen molar-refractivity contribution in [3.63, 3.8) is 0 Å². The highest BCUT2D eigenvalue weighted by molar-refractivity contribution is 14.1. The number of para-hydroxylation sites is 1. The van der Waals surface area contributed by atoms with Crippen molar-refractivity contribution in [3.8, 4) is 5.69 Å². The number of fused-ring (bicyclic) bond motifs is 1. The molecule has 0 fully saturated rings. The van der Waals surface area contributed by atoms with Gasteiger partial charge in [0.2, 0.25) is 5.95 Å². The number of anilines is 2. The Labute approximate surface area is 209 Å². The molecular formula is C24H24FIN6O2. The zero-order valence-corrected chi connectivity index (χ0v) is 20.9. The zero-order chi connectivity index (χ0) is 24.1. The smallest absolute Gasteiger partial charge is 0.269 e. The second-order valence-corrected chi connectivity index (χ2v) is 8.66. The van der Waals surface area contributed by atoms with Gasteiger partial charge in [-0.3, -0.25) is 9.36 Å². The highest BCUT2D eigenvalue weighted by atomic mass is 127. The van der Waals surface area contributed by atoms with Crippen LogP contribution in [0.5, 0.6) is 0 Å². The molecule has 10 heteroatoms. The lowest BCUT2D eigenvalue weighted by Gasteiger charge is -2.23. The second-order valence-electron chi connectivity index (χ2n) is 7.49. The fraction of sp³-hybridized carbons (Fsp3) is 0.250. The van der Waals surface area contributed by atoms with Crippen molar-refractivity contribution in [2.75, 3.05) is 30.9 Å². The number of rotatable bonds is 9. The number of methoxy groups -OCH3 is 1. The standard InChI is InChI=1S/C24H24FIN6O2/c1-3-18(29-21-17(26)14-28-24(31-21)27-12-13-34-2)22-30-19-11-7-10-16(25)20(19)23(33)32(22)15-8-5-4-6-9-15/h4-11,14,18H,3,12-13H2,1-2H3,(H2,27,28,29,31). The first-order valence-corrected chi connectivity index (χ1v) is 11.9. The van der Waals surface area contributed by atoms with Crippen molar-refractivity contribution in [2.45, 2.75) is 19.4 Å². The van der Waals surface area contributed by atoms with Crippen LogP contribution in [0.3, 0.4) is 0 Å². The molecule has 2 heterocycles. The molecule has 4 rings (SSSR count). The molecule has 0 radical (unpaired) electrons. The predicted octanol–water partition coefficient (Wildman–Crippen LogP) is 4.54. The molecule has 2 aromatic carbocycles. The Morgan fingerprint density at radius 1 is 1.15 bits per heavy atom. The summed E-state index contributed by atoms with van der Waals surface area (Å²) in [5, 5.41) is 6.50. The molecule has 176 valence electrons. The van der Waals surface area contributed by atoms with Crippen LogP contribution in [-0.4, -0.2) is 39.8 Å². The molecular weight excluding hydrogens is 550 g/mol. The Kier molecular flexibility index (Phi) is 7.68. The maximum atomic E-state index is 14.6. The first-order chi connectivity index (χ1) is 16.5. The summed E-state index contributed by atoms with van der Waals surface area (Å²) >= 11 is 2.16. The Bertz CT molecular complexity index is 1350. The highest BCUT2D eigenvalue weighted by Crippen LogP contribution is 2.26. The van der Waals surface area contributed by atoms with Crippen LogP contribution in [0.2, 0.25) is 0 Å². The van der Waals surface area contributed by atoms with Crippen LogP contribution in [0, 0.1) is 9.39 Å². The third-order valence-corrected chi connectivity index (χ3v) is 6.04. The number of ether oxygens (including phenoxy) is 1. The Morgan fingerprint density at radius 2 is 1.94 bits per heavy atom. The predicted molar refractivity (Wildman–Crippen MR) is 139 cm³/mol. The summed E-state index contributed by atoms with van der Waals surface area (Å²) in [7, 11) is 1.63. The minimum atomic E-state index is -0.593. The Morgan fingerprint density at radius 3 is 2.68 bits per heavy atom. The van der Waals surface area contributed by atoms with Gasteiger partial charge in [-0.15, -0.1) is 0 Å². The number of hydrogen-bond acceptors (Lipinski definition) is 7. The molecule has 0 spiro atoms. The van der Waals surface area contributed by atoms with E-state index < -0.39 is 11.4 Å². The van der Waals surface area contributed by atoms with Gasteiger partial charge in [0.1, 0.15) is 22.8 Å². The molecule has 0 saturated carbocycles. The summed E-state index contributed by atoms with van der Waals surface area (Å²) in [6, 6.07) is 13.2. The van der Waals surface area contributed by atoms with Gasteiger partial charge in [0.15, 0.2) is 0 Å². The molecule has 1 atom stereocenters. The molecule has 0 bridgehead atoms. The van der Waals surface area contributed by atoms with E-state index >= 15 is 0 Å². The largest absolute Gasteiger partial charge is 0.383 e. The molecule has 8 nitrogen and oxygen atoms in total. The molecule has 1 unspecified atom stereocenters. The maximum absolute atomic E-state index is 14.6. The molecule has 4 aromatic rings. The second kappa shape index (κ2) is 10.9. The van der Waals surface area contributed by atoms with E-state index in [1.165, 1.54) is 10.6 Å². The van der Waals surface area contributed by atoms with Gasteiger partial charge in [0, 0.05) is 19.9 Å². The molecule has 0 aliphatic rings. The molecule has 0 aliphatic heterocycles. The highest BCUT2D eigenvalue weighted by Gasteiger charge is 2.22. The van der Waals surface area contributed by atoms with Crippen LogP contribution in [-0.2, 0) is 4.74 Å². The molecule has 2 N–H and O–H groups in total. The monoisotopic (exact) mass is 574 g/mol. The molecule has 34 heavy (non-hydrogen) atoms. The van der Waals surface area contributed by atoms with E-state index in [1.54, 1.807) is 37.6 Å². The van der Waals surface area contributed by atoms with Gasteiger partial charge in [-0.05, 0) is 53.3 Å². The summed E-state index contributed by atoms with van der Waals surface area (Å²) in [5.41, 5.74) is 0.468. The molecule has 0 aliphatic carbocycles. The van der Waals surface area contributed by atoms with Gasteiger partial charge in [0.05, 0.1) is 27.4 Å². The molecule has 0 saturated heterocycles. The van der Waals surface area contributed by atoms with Gasteiger partial charge >= 0.3 is 0 Å². The van der Waals surface area contributed by atoms with Crippen molar-refractivity contribution in [2.24, 2.45) is 0 Å². The van der Waals surface area contributed by atoms with E-state index in [2.05, 4.69) is 43.2 Å². The van der Waals surface area contributed by atoms with Crippen molar-refractivity contribution in [1.29, 1.82) is 0 Å². The Hall–Kier alpha value is -3.12. The number of aromatic nitrogens is 4. The van der Waals surface area contributed by atoms with Crippen molar-refractivity contribution in [3.05, 3.63) is 80.3 Å². The van der Waals surface area contributed by atoms with E-state index in [-0.39, 0.29) is 11.4 Å². The summed E-state index contributed by atoms with van der Waals surface area (Å²) in [5.74, 6) is 0.948. The SMILES string of the molecule is CCC(Nc1nc(NCCOC)ncc1I)c1nc2cccc(F)c2c(=O)n1-c1ccccc1. The third kappa shape index (κ3) is 5.02. The van der Waals surface area contributed by atoms with Gasteiger partial charge in [0.25, 0.3) is 5.56 Å². The van der Waals surface area contributed by atoms with Crippen LogP contribution >= 0.6 is 22.6 Å². The summed E-state index contributed by atoms with van der Waals surface area (Å²) < 4.78 is 22.0. The van der Waals surface area contributed by atoms with Gasteiger partial charge in [-0.2, -0.15) is 4.98 Å². The van der Waals surface area contributed by atoms with E-state index in [0.717, 1.165) is 3.57 Å². The number of halogens is 2. The number of benzene rings is 2. The lowest BCUT2D eigenvalue weighted by molar-refractivity contribution is 0.210. The van der Waals surface area contributed by atoms with E-state index in [9.17, 15) is 9.18 Å². The minimum absolute atomic E-state index is 0.0359. The number of nitrogens with one attached hydrogen (secondary N) is 2. The van der Waals surface area contributed by atoms with Crippen LogP contribution in [0.25, 0.3) is 16.6 Å². The summed E-state index contributed by atoms with van der Waals surface area (Å²) in [6.07, 6.45) is 2.32. The minimum Gasteiger partial charge on any atom is -0.383 e. The number of hydrogen-bond donors (Lipinski definition) is 2. The van der Waals surface area contributed by atoms with Crippen molar-refractivity contribution < 1.29 is 9.13 Å². The van der Waals surface area contributed by atoms with Crippen molar-refractivity contribution in [1.82, 2.24) is 19.5 Å². The van der Waals surface area contributed by atoms with Gasteiger partial charge < -0.3 is 15.4 Å². The third-order valence-electron chi connectivity index (χ3n) is 5.25. The first-order valence-electron chi connectivity index (χ1n) is 10.8. The Balaban J connectivity index is 1.82. The van der Waals surface area contributed by atoms with Crippen LogP contribution in [0.1, 0.15) is 25.2 Å². The van der Waals surface area contributed by atoms with Crippen LogP contribution in [0.15, 0.2) is 59.5 Å². The normalized spacial score (nSPS) is 12.0. The zero-order valence-electron chi connectivity index (χ0n) is 18.8. The summed E-state index contributed by atoms with van der Waals surface area (Å²) in [4.78, 5) is 27.1. The van der Waals surface area contributed by atoms with Gasteiger partial charge in [-0.1, -0.05) is 31.2 Å². The fourth-order valence-electron chi connectivity index (χ4n) is 3.60. The van der Waals surface area contributed by atoms with E-state index in [4.69, 9.17) is 9.72 Å².